The Hall–Kier alpha value is -2.01. The monoisotopic (exact) mass is 388 g/mol. The highest BCUT2D eigenvalue weighted by Gasteiger charge is 2.26. The Labute approximate surface area is 151 Å². The molecule has 1 unspecified atom stereocenters. The van der Waals surface area contributed by atoms with Gasteiger partial charge < -0.3 is 14.5 Å². The van der Waals surface area contributed by atoms with E-state index in [9.17, 15) is 4.79 Å². The molecule has 2 aromatic carbocycles. The molecule has 1 saturated heterocycles. The number of hydrogen-bond donors (Lipinski definition) is 0. The molecule has 1 aliphatic rings. The van der Waals surface area contributed by atoms with Crippen LogP contribution in [0.2, 0.25) is 0 Å². The number of rotatable bonds is 4. The number of anilines is 1. The standard InChI is InChI=1S/C19H21BrN2O2/c1-15(24-18-10-6-5-9-17(18)20)19(23)22-13-11-21(12-14-22)16-7-3-2-4-8-16/h2-10,15H,11-14H2,1H3. The molecule has 126 valence electrons. The Kier molecular flexibility index (Phi) is 5.41. The predicted octanol–water partition coefficient (Wildman–Crippen LogP) is 3.57. The van der Waals surface area contributed by atoms with Gasteiger partial charge in [0, 0.05) is 31.9 Å². The zero-order valence-corrected chi connectivity index (χ0v) is 15.3. The van der Waals surface area contributed by atoms with Gasteiger partial charge in [-0.25, -0.2) is 0 Å². The van der Waals surface area contributed by atoms with Crippen molar-refractivity contribution in [3.05, 3.63) is 59.1 Å². The minimum Gasteiger partial charge on any atom is -0.480 e. The van der Waals surface area contributed by atoms with Gasteiger partial charge in [0.1, 0.15) is 5.75 Å². The number of benzene rings is 2. The molecule has 1 amide bonds. The van der Waals surface area contributed by atoms with Crippen LogP contribution in [0.4, 0.5) is 5.69 Å². The van der Waals surface area contributed by atoms with Crippen molar-refractivity contribution in [3.8, 4) is 5.75 Å². The third kappa shape index (κ3) is 3.90. The Morgan fingerprint density at radius 2 is 1.62 bits per heavy atom. The number of amides is 1. The SMILES string of the molecule is CC(Oc1ccccc1Br)C(=O)N1CCN(c2ccccc2)CC1. The first-order valence-corrected chi connectivity index (χ1v) is 8.94. The first-order valence-electron chi connectivity index (χ1n) is 8.15. The molecule has 0 aromatic heterocycles. The highest BCUT2D eigenvalue weighted by molar-refractivity contribution is 9.10. The van der Waals surface area contributed by atoms with Crippen molar-refractivity contribution in [1.82, 2.24) is 4.90 Å². The number of carbonyl (C=O) groups excluding carboxylic acids is 1. The normalized spacial score (nSPS) is 15.9. The number of carbonyl (C=O) groups is 1. The van der Waals surface area contributed by atoms with Crippen LogP contribution in [0.5, 0.6) is 5.75 Å². The van der Waals surface area contributed by atoms with E-state index in [2.05, 4.69) is 33.0 Å². The van der Waals surface area contributed by atoms with Crippen molar-refractivity contribution in [2.24, 2.45) is 0 Å². The van der Waals surface area contributed by atoms with E-state index >= 15 is 0 Å². The highest BCUT2D eigenvalue weighted by Crippen LogP contribution is 2.25. The van der Waals surface area contributed by atoms with Crippen molar-refractivity contribution in [3.63, 3.8) is 0 Å². The van der Waals surface area contributed by atoms with Crippen LogP contribution in [-0.4, -0.2) is 43.1 Å². The minimum absolute atomic E-state index is 0.0402. The van der Waals surface area contributed by atoms with Crippen molar-refractivity contribution in [2.75, 3.05) is 31.1 Å². The summed E-state index contributed by atoms with van der Waals surface area (Å²) in [6, 6.07) is 17.9. The zero-order chi connectivity index (χ0) is 16.9. The van der Waals surface area contributed by atoms with E-state index in [1.165, 1.54) is 5.69 Å². The predicted molar refractivity (Wildman–Crippen MR) is 99.5 cm³/mol. The van der Waals surface area contributed by atoms with E-state index in [0.29, 0.717) is 5.75 Å². The second-order valence-corrected chi connectivity index (χ2v) is 6.69. The van der Waals surface area contributed by atoms with Crippen LogP contribution in [0.25, 0.3) is 0 Å². The lowest BCUT2D eigenvalue weighted by Crippen LogP contribution is -2.52. The lowest BCUT2D eigenvalue weighted by Gasteiger charge is -2.37. The van der Waals surface area contributed by atoms with E-state index in [1.807, 2.05) is 54.3 Å². The molecule has 4 nitrogen and oxygen atoms in total. The molecule has 1 aliphatic heterocycles. The van der Waals surface area contributed by atoms with E-state index in [-0.39, 0.29) is 5.91 Å². The summed E-state index contributed by atoms with van der Waals surface area (Å²) >= 11 is 3.45. The van der Waals surface area contributed by atoms with Crippen LogP contribution in [0.3, 0.4) is 0 Å². The molecule has 0 saturated carbocycles. The topological polar surface area (TPSA) is 32.8 Å². The van der Waals surface area contributed by atoms with Gasteiger partial charge in [0.05, 0.1) is 4.47 Å². The molecule has 1 heterocycles. The molecule has 1 atom stereocenters. The van der Waals surface area contributed by atoms with Gasteiger partial charge in [-0.3, -0.25) is 4.79 Å². The molecule has 0 spiro atoms. The molecular formula is C19H21BrN2O2. The summed E-state index contributed by atoms with van der Waals surface area (Å²) < 4.78 is 6.68. The summed E-state index contributed by atoms with van der Waals surface area (Å²) in [6.07, 6.45) is -0.494. The number of ether oxygens (including phenoxy) is 1. The van der Waals surface area contributed by atoms with E-state index in [0.717, 1.165) is 30.7 Å². The summed E-state index contributed by atoms with van der Waals surface area (Å²) in [5.41, 5.74) is 1.21. The number of para-hydroxylation sites is 2. The maximum atomic E-state index is 12.6. The van der Waals surface area contributed by atoms with Gasteiger partial charge in [0.25, 0.3) is 5.91 Å². The average molecular weight is 389 g/mol. The van der Waals surface area contributed by atoms with Crippen LogP contribution in [-0.2, 0) is 4.79 Å². The number of hydrogen-bond acceptors (Lipinski definition) is 3. The van der Waals surface area contributed by atoms with Gasteiger partial charge in [-0.1, -0.05) is 30.3 Å². The lowest BCUT2D eigenvalue weighted by atomic mass is 10.2. The molecule has 0 aliphatic carbocycles. The third-order valence-electron chi connectivity index (χ3n) is 4.20. The van der Waals surface area contributed by atoms with Crippen LogP contribution in [0.15, 0.2) is 59.1 Å². The molecule has 24 heavy (non-hydrogen) atoms. The lowest BCUT2D eigenvalue weighted by molar-refractivity contribution is -0.138. The largest absolute Gasteiger partial charge is 0.480 e. The number of halogens is 1. The summed E-state index contributed by atoms with van der Waals surface area (Å²) in [7, 11) is 0. The van der Waals surface area contributed by atoms with Gasteiger partial charge in [-0.15, -0.1) is 0 Å². The fraction of sp³-hybridized carbons (Fsp3) is 0.316. The van der Waals surface area contributed by atoms with Crippen LogP contribution >= 0.6 is 15.9 Å². The Morgan fingerprint density at radius 1 is 1.00 bits per heavy atom. The van der Waals surface area contributed by atoms with Gasteiger partial charge in [0.15, 0.2) is 6.10 Å². The Balaban J connectivity index is 1.56. The summed E-state index contributed by atoms with van der Waals surface area (Å²) in [4.78, 5) is 16.8. The van der Waals surface area contributed by atoms with Crippen molar-refractivity contribution >= 4 is 27.5 Å². The highest BCUT2D eigenvalue weighted by atomic mass is 79.9. The first kappa shape index (κ1) is 16.8. The van der Waals surface area contributed by atoms with E-state index in [1.54, 1.807) is 0 Å². The summed E-state index contributed by atoms with van der Waals surface area (Å²) in [6.45, 7) is 4.94. The average Bonchev–Trinajstić information content (AvgIpc) is 2.64. The minimum atomic E-state index is -0.494. The zero-order valence-electron chi connectivity index (χ0n) is 13.7. The smallest absolute Gasteiger partial charge is 0.263 e. The van der Waals surface area contributed by atoms with Crippen LogP contribution in [0.1, 0.15) is 6.92 Å². The molecule has 0 radical (unpaired) electrons. The number of nitrogens with zero attached hydrogens (tertiary/aromatic N) is 2. The van der Waals surface area contributed by atoms with Crippen molar-refractivity contribution in [2.45, 2.75) is 13.0 Å². The molecule has 1 fully saturated rings. The number of piperazine rings is 1. The van der Waals surface area contributed by atoms with Gasteiger partial charge >= 0.3 is 0 Å². The second-order valence-electron chi connectivity index (χ2n) is 5.84. The van der Waals surface area contributed by atoms with Gasteiger partial charge in [-0.05, 0) is 47.1 Å². The Bertz CT molecular complexity index is 685. The molecule has 0 N–H and O–H groups in total. The van der Waals surface area contributed by atoms with Gasteiger partial charge in [0.2, 0.25) is 0 Å². The Morgan fingerprint density at radius 3 is 2.29 bits per heavy atom. The first-order chi connectivity index (χ1) is 11.6. The molecule has 3 rings (SSSR count). The molecule has 0 bridgehead atoms. The maximum Gasteiger partial charge on any atom is 0.263 e. The fourth-order valence-corrected chi connectivity index (χ4v) is 3.24. The van der Waals surface area contributed by atoms with Crippen molar-refractivity contribution < 1.29 is 9.53 Å². The van der Waals surface area contributed by atoms with E-state index in [4.69, 9.17) is 4.74 Å². The third-order valence-corrected chi connectivity index (χ3v) is 4.86. The quantitative estimate of drug-likeness (QED) is 0.802. The molecular weight excluding hydrogens is 368 g/mol. The molecule has 5 heteroatoms. The van der Waals surface area contributed by atoms with E-state index < -0.39 is 6.10 Å². The second kappa shape index (κ2) is 7.71. The van der Waals surface area contributed by atoms with Crippen LogP contribution < -0.4 is 9.64 Å². The summed E-state index contributed by atoms with van der Waals surface area (Å²) in [5, 5.41) is 0. The summed E-state index contributed by atoms with van der Waals surface area (Å²) in [5.74, 6) is 0.736. The van der Waals surface area contributed by atoms with Gasteiger partial charge in [-0.2, -0.15) is 0 Å². The fourth-order valence-electron chi connectivity index (χ4n) is 2.86. The van der Waals surface area contributed by atoms with Crippen molar-refractivity contribution in [1.29, 1.82) is 0 Å². The van der Waals surface area contributed by atoms with Crippen LogP contribution in [0, 0.1) is 0 Å². The maximum absolute atomic E-state index is 12.6. The molecule has 2 aromatic rings.